The second kappa shape index (κ2) is 5.81. The summed E-state index contributed by atoms with van der Waals surface area (Å²) in [5, 5.41) is 3.77. The Morgan fingerprint density at radius 3 is 2.64 bits per heavy atom. The Morgan fingerprint density at radius 2 is 1.91 bits per heavy atom. The summed E-state index contributed by atoms with van der Waals surface area (Å²) in [6, 6.07) is 15.6. The quantitative estimate of drug-likeness (QED) is 0.745. The zero-order chi connectivity index (χ0) is 15.5. The molecule has 0 fully saturated rings. The number of halogens is 1. The van der Waals surface area contributed by atoms with Crippen molar-refractivity contribution in [1.82, 2.24) is 4.98 Å². The largest absolute Gasteiger partial charge is 0.464 e. The van der Waals surface area contributed by atoms with Gasteiger partial charge in [-0.05, 0) is 24.3 Å². The summed E-state index contributed by atoms with van der Waals surface area (Å²) >= 11 is 0. The summed E-state index contributed by atoms with van der Waals surface area (Å²) in [5.74, 6) is -1.10. The van der Waals surface area contributed by atoms with Crippen LogP contribution in [0.3, 0.4) is 0 Å². The fraction of sp³-hybridized carbons (Fsp3) is 0.0588. The molecule has 0 aliphatic heterocycles. The van der Waals surface area contributed by atoms with E-state index >= 15 is 0 Å². The number of carbonyl (C=O) groups is 1. The van der Waals surface area contributed by atoms with Crippen molar-refractivity contribution in [3.8, 4) is 0 Å². The summed E-state index contributed by atoms with van der Waals surface area (Å²) < 4.78 is 18.7. The molecule has 5 heteroatoms. The van der Waals surface area contributed by atoms with Crippen LogP contribution in [-0.2, 0) is 4.74 Å². The average molecular weight is 296 g/mol. The Hall–Kier alpha value is -2.95. The van der Waals surface area contributed by atoms with Crippen molar-refractivity contribution in [3.63, 3.8) is 0 Å². The Labute approximate surface area is 126 Å². The van der Waals surface area contributed by atoms with Crippen LogP contribution in [0.15, 0.2) is 54.6 Å². The van der Waals surface area contributed by atoms with E-state index in [1.165, 1.54) is 13.2 Å². The maximum absolute atomic E-state index is 14.0. The smallest absolute Gasteiger partial charge is 0.356 e. The Bertz CT molecular complexity index is 835. The van der Waals surface area contributed by atoms with Crippen LogP contribution in [-0.4, -0.2) is 18.1 Å². The molecule has 0 aliphatic rings. The number of methoxy groups -OCH3 is 1. The number of benzene rings is 2. The lowest BCUT2D eigenvalue weighted by Crippen LogP contribution is -2.06. The van der Waals surface area contributed by atoms with Gasteiger partial charge < -0.3 is 10.1 Å². The van der Waals surface area contributed by atoms with Gasteiger partial charge in [0.25, 0.3) is 0 Å². The predicted molar refractivity (Wildman–Crippen MR) is 82.8 cm³/mol. The molecule has 0 spiro atoms. The third-order valence-corrected chi connectivity index (χ3v) is 3.24. The van der Waals surface area contributed by atoms with Crippen LogP contribution in [0.4, 0.5) is 15.8 Å². The number of fused-ring (bicyclic) bond motifs is 1. The zero-order valence-corrected chi connectivity index (χ0v) is 11.8. The van der Waals surface area contributed by atoms with E-state index in [1.54, 1.807) is 18.2 Å². The number of hydrogen-bond acceptors (Lipinski definition) is 4. The highest BCUT2D eigenvalue weighted by molar-refractivity contribution is 5.98. The van der Waals surface area contributed by atoms with Crippen LogP contribution >= 0.6 is 0 Å². The average Bonchev–Trinajstić information content (AvgIpc) is 2.55. The first-order chi connectivity index (χ1) is 10.7. The third kappa shape index (κ3) is 2.61. The minimum absolute atomic E-state index is 0.0542. The number of aromatic nitrogens is 1. The predicted octanol–water partition coefficient (Wildman–Crippen LogP) is 3.90. The van der Waals surface area contributed by atoms with E-state index in [-0.39, 0.29) is 11.2 Å². The fourth-order valence-electron chi connectivity index (χ4n) is 2.20. The highest BCUT2D eigenvalue weighted by atomic mass is 19.1. The van der Waals surface area contributed by atoms with E-state index in [4.69, 9.17) is 0 Å². The molecule has 0 saturated carbocycles. The van der Waals surface area contributed by atoms with Crippen molar-refractivity contribution in [1.29, 1.82) is 0 Å². The Balaban J connectivity index is 2.18. The number of hydrogen-bond donors (Lipinski definition) is 1. The molecule has 1 heterocycles. The van der Waals surface area contributed by atoms with Gasteiger partial charge in [-0.3, -0.25) is 0 Å². The van der Waals surface area contributed by atoms with E-state index < -0.39 is 11.8 Å². The number of ether oxygens (including phenoxy) is 1. The second-order valence-electron chi connectivity index (χ2n) is 4.67. The SMILES string of the molecule is COC(=O)c1cc(Nc2ccccc2)c2cccc(F)c2n1. The molecule has 1 N–H and O–H groups in total. The normalized spacial score (nSPS) is 10.5. The van der Waals surface area contributed by atoms with Gasteiger partial charge in [-0.15, -0.1) is 0 Å². The van der Waals surface area contributed by atoms with Crippen molar-refractivity contribution >= 4 is 28.2 Å². The lowest BCUT2D eigenvalue weighted by molar-refractivity contribution is 0.0594. The molecule has 0 unspecified atom stereocenters. The molecule has 1 aromatic heterocycles. The van der Waals surface area contributed by atoms with Crippen LogP contribution < -0.4 is 5.32 Å². The maximum Gasteiger partial charge on any atom is 0.356 e. The van der Waals surface area contributed by atoms with E-state index in [9.17, 15) is 9.18 Å². The van der Waals surface area contributed by atoms with Gasteiger partial charge in [0.2, 0.25) is 0 Å². The lowest BCUT2D eigenvalue weighted by atomic mass is 10.1. The number of rotatable bonds is 3. The summed E-state index contributed by atoms with van der Waals surface area (Å²) in [6.07, 6.45) is 0. The molecule has 0 amide bonds. The first kappa shape index (κ1) is 14.0. The summed E-state index contributed by atoms with van der Waals surface area (Å²) in [6.45, 7) is 0. The van der Waals surface area contributed by atoms with Crippen molar-refractivity contribution in [3.05, 3.63) is 66.1 Å². The molecule has 22 heavy (non-hydrogen) atoms. The number of para-hydroxylation sites is 2. The number of anilines is 2. The monoisotopic (exact) mass is 296 g/mol. The van der Waals surface area contributed by atoms with Gasteiger partial charge in [0.1, 0.15) is 11.3 Å². The van der Waals surface area contributed by atoms with Gasteiger partial charge in [0.15, 0.2) is 5.69 Å². The van der Waals surface area contributed by atoms with Gasteiger partial charge in [0, 0.05) is 11.1 Å². The number of nitrogens with one attached hydrogen (secondary N) is 1. The molecule has 0 aliphatic carbocycles. The van der Waals surface area contributed by atoms with E-state index in [0.29, 0.717) is 11.1 Å². The van der Waals surface area contributed by atoms with Gasteiger partial charge in [0.05, 0.1) is 12.8 Å². The summed E-state index contributed by atoms with van der Waals surface area (Å²) in [5.41, 5.74) is 1.61. The molecule has 0 saturated heterocycles. The van der Waals surface area contributed by atoms with Gasteiger partial charge in [-0.25, -0.2) is 14.2 Å². The van der Waals surface area contributed by atoms with Crippen LogP contribution in [0.2, 0.25) is 0 Å². The summed E-state index contributed by atoms with van der Waals surface area (Å²) in [4.78, 5) is 15.8. The molecule has 3 aromatic rings. The van der Waals surface area contributed by atoms with Gasteiger partial charge >= 0.3 is 5.97 Å². The van der Waals surface area contributed by atoms with Crippen molar-refractivity contribution in [2.24, 2.45) is 0 Å². The van der Waals surface area contributed by atoms with Crippen molar-refractivity contribution in [2.45, 2.75) is 0 Å². The van der Waals surface area contributed by atoms with Gasteiger partial charge in [-0.2, -0.15) is 0 Å². The number of nitrogens with zero attached hydrogens (tertiary/aromatic N) is 1. The van der Waals surface area contributed by atoms with E-state index in [2.05, 4.69) is 15.0 Å². The molecule has 110 valence electrons. The molecular formula is C17H13FN2O2. The van der Waals surface area contributed by atoms with Crippen LogP contribution in [0.25, 0.3) is 10.9 Å². The molecular weight excluding hydrogens is 283 g/mol. The van der Waals surface area contributed by atoms with Crippen molar-refractivity contribution in [2.75, 3.05) is 12.4 Å². The molecule has 0 bridgehead atoms. The van der Waals surface area contributed by atoms with Crippen LogP contribution in [0, 0.1) is 5.82 Å². The van der Waals surface area contributed by atoms with E-state index in [0.717, 1.165) is 5.69 Å². The fourth-order valence-corrected chi connectivity index (χ4v) is 2.20. The molecule has 3 rings (SSSR count). The molecule has 2 aromatic carbocycles. The standard InChI is InChI=1S/C17H13FN2O2/c1-22-17(21)15-10-14(19-11-6-3-2-4-7-11)12-8-5-9-13(18)16(12)20-15/h2-10H,1H3,(H,19,20). The molecule has 0 radical (unpaired) electrons. The minimum atomic E-state index is -0.610. The first-order valence-electron chi connectivity index (χ1n) is 6.68. The van der Waals surface area contributed by atoms with Crippen LogP contribution in [0.1, 0.15) is 10.5 Å². The van der Waals surface area contributed by atoms with E-state index in [1.807, 2.05) is 30.3 Å². The Morgan fingerprint density at radius 1 is 1.14 bits per heavy atom. The molecule has 4 nitrogen and oxygen atoms in total. The summed E-state index contributed by atoms with van der Waals surface area (Å²) in [7, 11) is 1.26. The third-order valence-electron chi connectivity index (χ3n) is 3.24. The van der Waals surface area contributed by atoms with Crippen molar-refractivity contribution < 1.29 is 13.9 Å². The minimum Gasteiger partial charge on any atom is -0.464 e. The zero-order valence-electron chi connectivity index (χ0n) is 11.8. The highest BCUT2D eigenvalue weighted by Crippen LogP contribution is 2.28. The highest BCUT2D eigenvalue weighted by Gasteiger charge is 2.14. The first-order valence-corrected chi connectivity index (χ1v) is 6.68. The number of esters is 1. The maximum atomic E-state index is 14.0. The topological polar surface area (TPSA) is 51.2 Å². The lowest BCUT2D eigenvalue weighted by Gasteiger charge is -2.11. The number of carbonyl (C=O) groups excluding carboxylic acids is 1. The number of pyridine rings is 1. The molecule has 0 atom stereocenters. The van der Waals surface area contributed by atoms with Gasteiger partial charge in [-0.1, -0.05) is 30.3 Å². The Kier molecular flexibility index (Phi) is 3.70. The van der Waals surface area contributed by atoms with Crippen LogP contribution in [0.5, 0.6) is 0 Å². The second-order valence-corrected chi connectivity index (χ2v) is 4.67.